The predicted octanol–water partition coefficient (Wildman–Crippen LogP) is 3.23. The van der Waals surface area contributed by atoms with Crippen LogP contribution < -0.4 is 10.6 Å². The van der Waals surface area contributed by atoms with Crippen LogP contribution in [0.15, 0.2) is 66.9 Å². The molecule has 2 amide bonds. The van der Waals surface area contributed by atoms with E-state index < -0.39 is 6.04 Å². The smallest absolute Gasteiger partial charge is 0.251 e. The molecule has 132 valence electrons. The Morgan fingerprint density at radius 3 is 2.35 bits per heavy atom. The summed E-state index contributed by atoms with van der Waals surface area (Å²) >= 11 is 0. The second-order valence-corrected chi connectivity index (χ2v) is 6.21. The van der Waals surface area contributed by atoms with Gasteiger partial charge in [0.2, 0.25) is 5.91 Å². The number of carbonyl (C=O) groups excluding carboxylic acids is 2. The van der Waals surface area contributed by atoms with E-state index in [2.05, 4.69) is 15.6 Å². The largest absolute Gasteiger partial charge is 0.346 e. The number of aromatic nitrogens is 1. The fourth-order valence-electron chi connectivity index (χ4n) is 2.83. The molecule has 3 aromatic rings. The third-order valence-electron chi connectivity index (χ3n) is 4.25. The van der Waals surface area contributed by atoms with Crippen LogP contribution in [-0.4, -0.2) is 22.8 Å². The van der Waals surface area contributed by atoms with E-state index in [1.807, 2.05) is 43.3 Å². The van der Waals surface area contributed by atoms with E-state index in [4.69, 9.17) is 0 Å². The summed E-state index contributed by atoms with van der Waals surface area (Å²) in [6.07, 6.45) is 1.74. The minimum atomic E-state index is -0.653. The van der Waals surface area contributed by atoms with E-state index in [1.165, 1.54) is 0 Å². The molecule has 0 unspecified atom stereocenters. The van der Waals surface area contributed by atoms with Crippen LogP contribution in [0, 0.1) is 0 Å². The van der Waals surface area contributed by atoms with Gasteiger partial charge in [-0.3, -0.25) is 14.6 Å². The maximum Gasteiger partial charge on any atom is 0.251 e. The van der Waals surface area contributed by atoms with E-state index in [1.54, 1.807) is 37.4 Å². The van der Waals surface area contributed by atoms with Crippen molar-refractivity contribution in [2.75, 3.05) is 0 Å². The molecule has 0 bridgehead atoms. The highest BCUT2D eigenvalue weighted by Crippen LogP contribution is 2.21. The second-order valence-electron chi connectivity index (χ2n) is 6.21. The first-order valence-corrected chi connectivity index (χ1v) is 8.56. The van der Waals surface area contributed by atoms with E-state index in [0.29, 0.717) is 5.56 Å². The van der Waals surface area contributed by atoms with E-state index >= 15 is 0 Å². The Balaban J connectivity index is 1.67. The lowest BCUT2D eigenvalue weighted by atomic mass is 10.1. The van der Waals surface area contributed by atoms with Gasteiger partial charge in [0.05, 0.1) is 11.7 Å². The maximum atomic E-state index is 12.5. The summed E-state index contributed by atoms with van der Waals surface area (Å²) in [7, 11) is 0. The lowest BCUT2D eigenvalue weighted by Gasteiger charge is -2.19. The van der Waals surface area contributed by atoms with Crippen molar-refractivity contribution in [3.05, 3.63) is 78.1 Å². The van der Waals surface area contributed by atoms with Crippen molar-refractivity contribution in [2.24, 2.45) is 0 Å². The highest BCUT2D eigenvalue weighted by Gasteiger charge is 2.20. The van der Waals surface area contributed by atoms with Gasteiger partial charge in [0, 0.05) is 17.1 Å². The Hall–Kier alpha value is -3.21. The van der Waals surface area contributed by atoms with Crippen LogP contribution in [0.5, 0.6) is 0 Å². The van der Waals surface area contributed by atoms with Gasteiger partial charge in [-0.15, -0.1) is 0 Å². The number of hydrogen-bond donors (Lipinski definition) is 2. The van der Waals surface area contributed by atoms with Crippen LogP contribution in [0.3, 0.4) is 0 Å². The first-order chi connectivity index (χ1) is 12.6. The molecule has 3 rings (SSSR count). The molecule has 0 aliphatic rings. The minimum absolute atomic E-state index is 0.253. The molecule has 5 heteroatoms. The zero-order chi connectivity index (χ0) is 18.5. The first-order valence-electron chi connectivity index (χ1n) is 8.56. The molecule has 0 saturated heterocycles. The number of nitrogens with one attached hydrogen (secondary N) is 2. The molecule has 0 spiro atoms. The maximum absolute atomic E-state index is 12.5. The molecule has 1 aromatic heterocycles. The number of pyridine rings is 1. The summed E-state index contributed by atoms with van der Waals surface area (Å²) in [6, 6.07) is 17.8. The summed E-state index contributed by atoms with van der Waals surface area (Å²) in [5.41, 5.74) is 1.33. The van der Waals surface area contributed by atoms with Crippen LogP contribution in [0.25, 0.3) is 10.8 Å². The second kappa shape index (κ2) is 7.78. The zero-order valence-corrected chi connectivity index (χ0v) is 14.8. The summed E-state index contributed by atoms with van der Waals surface area (Å²) in [4.78, 5) is 29.1. The third kappa shape index (κ3) is 3.88. The molecule has 26 heavy (non-hydrogen) atoms. The molecule has 1 heterocycles. The van der Waals surface area contributed by atoms with Gasteiger partial charge in [0.25, 0.3) is 5.91 Å². The summed E-state index contributed by atoms with van der Waals surface area (Å²) in [6.45, 7) is 3.55. The lowest BCUT2D eigenvalue weighted by molar-refractivity contribution is -0.123. The van der Waals surface area contributed by atoms with E-state index in [-0.39, 0.29) is 17.9 Å². The SMILES string of the molecule is C[C@H](NC(=O)c1ccccc1)C(=O)N[C@@H](C)c1nccc2ccccc12. The van der Waals surface area contributed by atoms with Crippen molar-refractivity contribution in [2.45, 2.75) is 25.9 Å². The Labute approximate surface area is 152 Å². The van der Waals surface area contributed by atoms with Crippen molar-refractivity contribution in [1.29, 1.82) is 0 Å². The molecule has 2 aromatic carbocycles. The highest BCUT2D eigenvalue weighted by atomic mass is 16.2. The van der Waals surface area contributed by atoms with Crippen molar-refractivity contribution >= 4 is 22.6 Å². The Kier molecular flexibility index (Phi) is 5.27. The molecule has 2 N–H and O–H groups in total. The van der Waals surface area contributed by atoms with Crippen LogP contribution in [0.2, 0.25) is 0 Å². The van der Waals surface area contributed by atoms with Gasteiger partial charge in [-0.05, 0) is 37.4 Å². The predicted molar refractivity (Wildman–Crippen MR) is 102 cm³/mol. The molecule has 0 aliphatic carbocycles. The molecular weight excluding hydrogens is 326 g/mol. The number of rotatable bonds is 5. The summed E-state index contributed by atoms with van der Waals surface area (Å²) in [5, 5.41) is 7.72. The summed E-state index contributed by atoms with van der Waals surface area (Å²) < 4.78 is 0. The summed E-state index contributed by atoms with van der Waals surface area (Å²) in [5.74, 6) is -0.527. The fraction of sp³-hybridized carbons (Fsp3) is 0.190. The molecule has 0 fully saturated rings. The van der Waals surface area contributed by atoms with Crippen LogP contribution in [0.4, 0.5) is 0 Å². The van der Waals surface area contributed by atoms with Gasteiger partial charge in [-0.25, -0.2) is 0 Å². The normalized spacial score (nSPS) is 13.0. The van der Waals surface area contributed by atoms with Gasteiger partial charge >= 0.3 is 0 Å². The molecular formula is C21H21N3O2. The van der Waals surface area contributed by atoms with E-state index in [9.17, 15) is 9.59 Å². The number of hydrogen-bond acceptors (Lipinski definition) is 3. The molecule has 2 atom stereocenters. The highest BCUT2D eigenvalue weighted by molar-refractivity contribution is 5.97. The monoisotopic (exact) mass is 347 g/mol. The fourth-order valence-corrected chi connectivity index (χ4v) is 2.83. The quantitative estimate of drug-likeness (QED) is 0.744. The number of benzene rings is 2. The molecule has 0 radical (unpaired) electrons. The standard InChI is InChI=1S/C21H21N3O2/c1-14(19-18-11-7-6-8-16(18)12-13-22-19)23-20(25)15(2)24-21(26)17-9-4-3-5-10-17/h3-15H,1-2H3,(H,23,25)(H,24,26)/t14-,15-/m0/s1. The van der Waals surface area contributed by atoms with Gasteiger partial charge in [0.15, 0.2) is 0 Å². The molecule has 0 aliphatic heterocycles. The topological polar surface area (TPSA) is 71.1 Å². The minimum Gasteiger partial charge on any atom is -0.346 e. The molecule has 0 saturated carbocycles. The number of amides is 2. The first kappa shape index (κ1) is 17.6. The van der Waals surface area contributed by atoms with Gasteiger partial charge < -0.3 is 10.6 Å². The number of fused-ring (bicyclic) bond motifs is 1. The van der Waals surface area contributed by atoms with Gasteiger partial charge in [-0.2, -0.15) is 0 Å². The van der Waals surface area contributed by atoms with E-state index in [0.717, 1.165) is 16.5 Å². The average molecular weight is 347 g/mol. The van der Waals surface area contributed by atoms with Crippen LogP contribution in [-0.2, 0) is 4.79 Å². The Bertz CT molecular complexity index is 919. The Morgan fingerprint density at radius 1 is 0.885 bits per heavy atom. The number of carbonyl (C=O) groups is 2. The van der Waals surface area contributed by atoms with Crippen LogP contribution in [0.1, 0.15) is 35.9 Å². The van der Waals surface area contributed by atoms with Gasteiger partial charge in [0.1, 0.15) is 6.04 Å². The number of nitrogens with zero attached hydrogens (tertiary/aromatic N) is 1. The van der Waals surface area contributed by atoms with Crippen molar-refractivity contribution in [3.8, 4) is 0 Å². The van der Waals surface area contributed by atoms with Crippen molar-refractivity contribution < 1.29 is 9.59 Å². The average Bonchev–Trinajstić information content (AvgIpc) is 2.68. The Morgan fingerprint density at radius 2 is 1.58 bits per heavy atom. The van der Waals surface area contributed by atoms with Crippen LogP contribution >= 0.6 is 0 Å². The van der Waals surface area contributed by atoms with Gasteiger partial charge in [-0.1, -0.05) is 42.5 Å². The molecule has 5 nitrogen and oxygen atoms in total. The lowest BCUT2D eigenvalue weighted by Crippen LogP contribution is -2.45. The third-order valence-corrected chi connectivity index (χ3v) is 4.25. The van der Waals surface area contributed by atoms with Crippen molar-refractivity contribution in [3.63, 3.8) is 0 Å². The zero-order valence-electron chi connectivity index (χ0n) is 14.8. The van der Waals surface area contributed by atoms with Crippen molar-refractivity contribution in [1.82, 2.24) is 15.6 Å².